The van der Waals surface area contributed by atoms with E-state index >= 15 is 0 Å². The molecule has 0 saturated heterocycles. The number of aromatic nitrogens is 1. The Morgan fingerprint density at radius 3 is 2.47 bits per heavy atom. The molecule has 1 aromatic rings. The molecule has 0 radical (unpaired) electrons. The summed E-state index contributed by atoms with van der Waals surface area (Å²) in [6.07, 6.45) is 5.30. The Labute approximate surface area is 114 Å². The molecule has 1 aliphatic rings. The van der Waals surface area contributed by atoms with Crippen LogP contribution in [0.3, 0.4) is 0 Å². The second-order valence-electron chi connectivity index (χ2n) is 6.50. The van der Waals surface area contributed by atoms with E-state index in [0.29, 0.717) is 18.5 Å². The van der Waals surface area contributed by atoms with E-state index in [9.17, 15) is 5.11 Å². The van der Waals surface area contributed by atoms with Crippen molar-refractivity contribution in [3.63, 3.8) is 0 Å². The molecule has 0 unspecified atom stereocenters. The predicted molar refractivity (Wildman–Crippen MR) is 74.8 cm³/mol. The van der Waals surface area contributed by atoms with Gasteiger partial charge in [0.05, 0.1) is 17.5 Å². The SMILES string of the molecule is CC1(C)CCC(O)(CNCc2ccc(O)cn2)CC1. The summed E-state index contributed by atoms with van der Waals surface area (Å²) in [6.45, 7) is 5.75. The summed E-state index contributed by atoms with van der Waals surface area (Å²) < 4.78 is 0. The Morgan fingerprint density at radius 2 is 1.89 bits per heavy atom. The molecule has 4 nitrogen and oxygen atoms in total. The van der Waals surface area contributed by atoms with Crippen LogP contribution in [-0.2, 0) is 6.54 Å². The average molecular weight is 264 g/mol. The molecule has 4 heteroatoms. The van der Waals surface area contributed by atoms with Crippen LogP contribution in [0.5, 0.6) is 5.75 Å². The molecule has 1 aliphatic carbocycles. The number of aliphatic hydroxyl groups is 1. The van der Waals surface area contributed by atoms with E-state index in [1.807, 2.05) is 0 Å². The Hall–Kier alpha value is -1.13. The average Bonchev–Trinajstić information content (AvgIpc) is 2.36. The monoisotopic (exact) mass is 264 g/mol. The minimum atomic E-state index is -0.577. The first-order valence-electron chi connectivity index (χ1n) is 6.96. The molecule has 1 aromatic heterocycles. The third kappa shape index (κ3) is 4.18. The molecular weight excluding hydrogens is 240 g/mol. The van der Waals surface area contributed by atoms with Gasteiger partial charge in [-0.1, -0.05) is 13.8 Å². The highest BCUT2D eigenvalue weighted by molar-refractivity contribution is 5.17. The summed E-state index contributed by atoms with van der Waals surface area (Å²) >= 11 is 0. The number of pyridine rings is 1. The number of rotatable bonds is 4. The van der Waals surface area contributed by atoms with E-state index in [0.717, 1.165) is 31.4 Å². The topological polar surface area (TPSA) is 65.4 Å². The van der Waals surface area contributed by atoms with E-state index in [4.69, 9.17) is 5.11 Å². The smallest absolute Gasteiger partial charge is 0.133 e. The molecule has 1 heterocycles. The summed E-state index contributed by atoms with van der Waals surface area (Å²) in [6, 6.07) is 3.41. The molecule has 106 valence electrons. The van der Waals surface area contributed by atoms with E-state index in [1.165, 1.54) is 6.20 Å². The molecule has 2 rings (SSSR count). The van der Waals surface area contributed by atoms with Gasteiger partial charge in [-0.25, -0.2) is 0 Å². The zero-order valence-electron chi connectivity index (χ0n) is 11.8. The second-order valence-corrected chi connectivity index (χ2v) is 6.50. The molecular formula is C15H24N2O2. The largest absolute Gasteiger partial charge is 0.506 e. The van der Waals surface area contributed by atoms with Crippen molar-refractivity contribution in [2.75, 3.05) is 6.54 Å². The quantitative estimate of drug-likeness (QED) is 0.780. The van der Waals surface area contributed by atoms with Gasteiger partial charge in [0.15, 0.2) is 0 Å². The first kappa shape index (κ1) is 14.3. The van der Waals surface area contributed by atoms with Crippen molar-refractivity contribution in [3.05, 3.63) is 24.0 Å². The zero-order valence-corrected chi connectivity index (χ0v) is 11.8. The van der Waals surface area contributed by atoms with Crippen LogP contribution in [0.15, 0.2) is 18.3 Å². The minimum absolute atomic E-state index is 0.178. The van der Waals surface area contributed by atoms with Crippen molar-refractivity contribution in [2.45, 2.75) is 51.7 Å². The standard InChI is InChI=1S/C15H24N2O2/c1-14(2)5-7-15(19,8-6-14)11-16-9-12-3-4-13(18)10-17-12/h3-4,10,16,18-19H,5-9,11H2,1-2H3. The number of nitrogens with one attached hydrogen (secondary N) is 1. The van der Waals surface area contributed by atoms with Gasteiger partial charge >= 0.3 is 0 Å². The van der Waals surface area contributed by atoms with Gasteiger partial charge in [-0.05, 0) is 43.2 Å². The summed E-state index contributed by atoms with van der Waals surface area (Å²) in [4.78, 5) is 4.11. The summed E-state index contributed by atoms with van der Waals surface area (Å²) in [7, 11) is 0. The van der Waals surface area contributed by atoms with E-state index in [-0.39, 0.29) is 5.75 Å². The molecule has 1 fully saturated rings. The van der Waals surface area contributed by atoms with Crippen molar-refractivity contribution in [2.24, 2.45) is 5.41 Å². The normalized spacial score (nSPS) is 21.2. The molecule has 0 bridgehead atoms. The zero-order chi connectivity index (χ0) is 13.9. The van der Waals surface area contributed by atoms with Crippen LogP contribution in [0.25, 0.3) is 0 Å². The van der Waals surface area contributed by atoms with Crippen LogP contribution in [-0.4, -0.2) is 27.3 Å². The Bertz CT molecular complexity index is 405. The van der Waals surface area contributed by atoms with Gasteiger partial charge in [-0.3, -0.25) is 4.98 Å². The lowest BCUT2D eigenvalue weighted by molar-refractivity contribution is -0.0245. The second kappa shape index (κ2) is 5.47. The lowest BCUT2D eigenvalue weighted by atomic mass is 9.71. The van der Waals surface area contributed by atoms with E-state index in [1.54, 1.807) is 12.1 Å². The van der Waals surface area contributed by atoms with Crippen molar-refractivity contribution >= 4 is 0 Å². The summed E-state index contributed by atoms with van der Waals surface area (Å²) in [5, 5.41) is 22.9. The van der Waals surface area contributed by atoms with E-state index in [2.05, 4.69) is 24.1 Å². The highest BCUT2D eigenvalue weighted by Crippen LogP contribution is 2.39. The Kier molecular flexibility index (Phi) is 4.11. The molecule has 0 amide bonds. The Balaban J connectivity index is 1.78. The third-order valence-corrected chi connectivity index (χ3v) is 4.10. The van der Waals surface area contributed by atoms with Crippen LogP contribution in [0.1, 0.15) is 45.2 Å². The van der Waals surface area contributed by atoms with Gasteiger partial charge in [-0.15, -0.1) is 0 Å². The maximum absolute atomic E-state index is 10.5. The van der Waals surface area contributed by atoms with Gasteiger partial charge in [-0.2, -0.15) is 0 Å². The van der Waals surface area contributed by atoms with Crippen molar-refractivity contribution < 1.29 is 10.2 Å². The lowest BCUT2D eigenvalue weighted by Gasteiger charge is -2.40. The predicted octanol–water partition coefficient (Wildman–Crippen LogP) is 2.21. The third-order valence-electron chi connectivity index (χ3n) is 4.10. The molecule has 0 aliphatic heterocycles. The van der Waals surface area contributed by atoms with Gasteiger partial charge < -0.3 is 15.5 Å². The number of hydrogen-bond donors (Lipinski definition) is 3. The number of hydrogen-bond acceptors (Lipinski definition) is 4. The fraction of sp³-hybridized carbons (Fsp3) is 0.667. The lowest BCUT2D eigenvalue weighted by Crippen LogP contribution is -2.44. The highest BCUT2D eigenvalue weighted by Gasteiger charge is 2.36. The van der Waals surface area contributed by atoms with Crippen LogP contribution in [0.4, 0.5) is 0 Å². The van der Waals surface area contributed by atoms with Crippen LogP contribution in [0, 0.1) is 5.41 Å². The maximum atomic E-state index is 10.5. The van der Waals surface area contributed by atoms with Gasteiger partial charge in [0.1, 0.15) is 5.75 Å². The van der Waals surface area contributed by atoms with Crippen molar-refractivity contribution in [1.29, 1.82) is 0 Å². The first-order valence-corrected chi connectivity index (χ1v) is 6.96. The van der Waals surface area contributed by atoms with Gasteiger partial charge in [0, 0.05) is 13.1 Å². The van der Waals surface area contributed by atoms with Crippen molar-refractivity contribution in [1.82, 2.24) is 10.3 Å². The Morgan fingerprint density at radius 1 is 1.21 bits per heavy atom. The van der Waals surface area contributed by atoms with Gasteiger partial charge in [0.2, 0.25) is 0 Å². The van der Waals surface area contributed by atoms with Gasteiger partial charge in [0.25, 0.3) is 0 Å². The highest BCUT2D eigenvalue weighted by atomic mass is 16.3. The molecule has 19 heavy (non-hydrogen) atoms. The summed E-state index contributed by atoms with van der Waals surface area (Å²) in [5.41, 5.74) is 0.662. The molecule has 1 saturated carbocycles. The number of nitrogens with zero attached hydrogens (tertiary/aromatic N) is 1. The molecule has 0 aromatic carbocycles. The first-order chi connectivity index (χ1) is 8.89. The van der Waals surface area contributed by atoms with Crippen LogP contribution < -0.4 is 5.32 Å². The molecule has 0 atom stereocenters. The minimum Gasteiger partial charge on any atom is -0.506 e. The van der Waals surface area contributed by atoms with Crippen molar-refractivity contribution in [3.8, 4) is 5.75 Å². The number of aromatic hydroxyl groups is 1. The molecule has 0 spiro atoms. The fourth-order valence-electron chi connectivity index (χ4n) is 2.51. The molecule has 3 N–H and O–H groups in total. The summed E-state index contributed by atoms with van der Waals surface area (Å²) in [5.74, 6) is 0.178. The fourth-order valence-corrected chi connectivity index (χ4v) is 2.51. The van der Waals surface area contributed by atoms with E-state index < -0.39 is 5.60 Å². The van der Waals surface area contributed by atoms with Crippen LogP contribution in [0.2, 0.25) is 0 Å². The van der Waals surface area contributed by atoms with Crippen LogP contribution >= 0.6 is 0 Å². The maximum Gasteiger partial charge on any atom is 0.133 e.